The average molecular weight is 2030 g/mol. The first-order chi connectivity index (χ1) is 69.7. The molecule has 0 amide bonds. The molecule has 0 unspecified atom stereocenters. The molecule has 0 spiro atoms. The van der Waals surface area contributed by atoms with Crippen molar-refractivity contribution >= 4 is 115 Å². The van der Waals surface area contributed by atoms with E-state index in [-0.39, 0.29) is 19.5 Å². The summed E-state index contributed by atoms with van der Waals surface area (Å²) in [6.45, 7) is 25.2. The van der Waals surface area contributed by atoms with Crippen molar-refractivity contribution in [2.45, 2.75) is 268 Å². The number of halogens is 1. The number of ether oxygens (including phenoxy) is 5. The maximum absolute atomic E-state index is 11.0. The first-order valence-electron chi connectivity index (χ1n) is 52.8. The zero-order valence-electron chi connectivity index (χ0n) is 86.3. The number of aromatic amines is 4. The Balaban J connectivity index is 0.000000186. The molecule has 0 fully saturated rings. The Morgan fingerprint density at radius 1 is 0.301 bits per heavy atom. The Hall–Kier alpha value is -12.4. The molecule has 0 saturated heterocycles. The Bertz CT molecular complexity index is 6480. The van der Waals surface area contributed by atoms with Crippen LogP contribution < -0.4 is 33.7 Å². The van der Waals surface area contributed by atoms with Crippen LogP contribution in [0, 0.1) is 34.6 Å². The molecule has 0 atom stereocenters. The van der Waals surface area contributed by atoms with Crippen molar-refractivity contribution in [3.8, 4) is 73.3 Å². The summed E-state index contributed by atoms with van der Waals surface area (Å²) in [6, 6.07) is 62.3. The molecule has 16 nitrogen and oxygen atoms in total. The summed E-state index contributed by atoms with van der Waals surface area (Å²) in [4.78, 5) is 56.1. The number of benzene rings is 5. The molecule has 0 saturated carbocycles. The van der Waals surface area contributed by atoms with Crippen molar-refractivity contribution in [2.75, 3.05) is 33.0 Å². The monoisotopic (exact) mass is 2030 g/mol. The van der Waals surface area contributed by atoms with Crippen LogP contribution in [0.1, 0.15) is 322 Å². The fourth-order valence-corrected chi connectivity index (χ4v) is 19.3. The first-order valence-corrected chi connectivity index (χ1v) is 53.6. The summed E-state index contributed by atoms with van der Waals surface area (Å²) in [5, 5.41) is 0. The van der Waals surface area contributed by atoms with Gasteiger partial charge in [-0.15, -0.1) is 22.1 Å². The molecule has 0 aliphatic carbocycles. The Labute approximate surface area is 870 Å². The van der Waals surface area contributed by atoms with Gasteiger partial charge in [0.25, 0.3) is 0 Å². The van der Waals surface area contributed by atoms with E-state index in [0.29, 0.717) is 38.6 Å². The quantitative estimate of drug-likeness (QED) is 0.0160. The van der Waals surface area contributed by atoms with Gasteiger partial charge in [-0.25, -0.2) is 19.9 Å². The Morgan fingerprint density at radius 3 is 1.01 bits per heavy atom. The molecule has 13 aromatic rings. The SMILES string of the molecule is CCCCCCCCOc1cccc(C)c1-c1c2nc(c(Br)c3ccc([n-]3)c(-c3c(C)cccc3OCCCCCCCC)c3nc(cc4ccc1[n-]4)C=C3)C=C2.CCCCCCCCOc1cccc(C)c1-c1c2nc(cc3ccc([nH]3)c(-c3c(C)cccc3OCCCCCCCC)c3nc(cc4ccc1[nH]4)C=C3)C=C2.CCCCCCCCOc1cccc(C)c1C=O.[Zn+2].c1c[nH]c(Cc2ccc[nH]2)c1. The van der Waals surface area contributed by atoms with Gasteiger partial charge in [0.15, 0.2) is 6.29 Å². The van der Waals surface area contributed by atoms with Crippen LogP contribution in [0.3, 0.4) is 0 Å². The van der Waals surface area contributed by atoms with Gasteiger partial charge in [0.05, 0.1) is 84.1 Å². The summed E-state index contributed by atoms with van der Waals surface area (Å²) in [6.07, 6.45) is 59.2. The van der Waals surface area contributed by atoms with Gasteiger partial charge >= 0.3 is 19.5 Å². The number of H-pyrrole nitrogens is 4. The van der Waals surface area contributed by atoms with E-state index in [1.807, 2.05) is 55.7 Å². The number of nitrogens with one attached hydrogen (secondary N) is 4. The van der Waals surface area contributed by atoms with Gasteiger partial charge in [-0.2, -0.15) is 0 Å². The minimum atomic E-state index is 0. The van der Waals surface area contributed by atoms with Crippen molar-refractivity contribution < 1.29 is 48.0 Å². The number of hydrogen-bond acceptors (Lipinski definition) is 10. The number of rotatable bonds is 47. The minimum Gasteiger partial charge on any atom is -0.657 e. The summed E-state index contributed by atoms with van der Waals surface area (Å²) < 4.78 is 32.7. The third-order valence-electron chi connectivity index (χ3n) is 26.6. The molecule has 4 N–H and O–H groups in total. The number of hydrogen-bond donors (Lipinski definition) is 4. The molecule has 17 rings (SSSR count). The van der Waals surface area contributed by atoms with Crippen LogP contribution in [0.2, 0.25) is 0 Å². The first kappa shape index (κ1) is 108. The third-order valence-corrected chi connectivity index (χ3v) is 27.4. The number of aldehydes is 1. The maximum Gasteiger partial charge on any atom is 2.00 e. The van der Waals surface area contributed by atoms with Gasteiger partial charge in [-0.3, -0.25) is 4.79 Å². The predicted octanol–water partition coefficient (Wildman–Crippen LogP) is 34.7. The number of carbonyl (C=O) groups excluding carboxylic acids is 1. The largest absolute Gasteiger partial charge is 2.00 e. The topological polar surface area (TPSA) is 206 Å². The molecule has 16 bridgehead atoms. The molecule has 5 aromatic carbocycles. The predicted molar refractivity (Wildman–Crippen MR) is 599 cm³/mol. The summed E-state index contributed by atoms with van der Waals surface area (Å²) >= 11 is 3.92. The second-order valence-electron chi connectivity index (χ2n) is 37.9. The van der Waals surface area contributed by atoms with Gasteiger partial charge in [-0.1, -0.05) is 286 Å². The standard InChI is InChI=1S/C50H55BrN4O2.C50H58N4O2.C16H24O2.C9H10N2.Zn/c1-5-7-9-11-13-15-31-56-44-21-17-19-34(3)46(44)48-38-25-23-36(52-38)33-37-24-26-39(53-37)49(41-28-30-43(55-41)50(51)42-29-27-40(48)54-42)47-35(4)20-18-22-45(47)57-32-16-14-12-10-8-6-2;1-5-7-9-11-13-15-31-55-45-21-17-19-35(3)47(45)49-41-27-23-37(51-41)33-39-25-29-43(53-39)50(44-30-26-40(54-44)34-38-24-28-42(49)52-38)48-36(4)20-18-22-46(48)56-32-16-14-12-10-8-6-2;1-3-4-5-6-7-8-12-18-16-11-9-10-14(2)15(16)13-17;1-3-8(10-5-1)7-9-4-2-6-11-9;/h17-30,33H,5-16,31-32H2,1-4H3;17-30,33-34,51,54H,5-16,31-32H2,1-4H3;9-11,13H,3-8,12H2,1-2H3;1-6,10-11H,7H2;/q-2;;;;+2. The normalized spacial score (nSPS) is 11.6. The number of aromatic nitrogens is 10. The smallest absolute Gasteiger partial charge is 0.657 e. The second kappa shape index (κ2) is 57.2. The van der Waals surface area contributed by atoms with Crippen LogP contribution in [0.4, 0.5) is 0 Å². The van der Waals surface area contributed by atoms with Crippen LogP contribution >= 0.6 is 15.9 Å². The molecule has 742 valence electrons. The molecule has 143 heavy (non-hydrogen) atoms. The van der Waals surface area contributed by atoms with Crippen LogP contribution in [0.15, 0.2) is 199 Å². The molecule has 8 aromatic heterocycles. The van der Waals surface area contributed by atoms with Crippen molar-refractivity contribution in [1.29, 1.82) is 0 Å². The summed E-state index contributed by atoms with van der Waals surface area (Å²) in [7, 11) is 0. The van der Waals surface area contributed by atoms with E-state index < -0.39 is 0 Å². The van der Waals surface area contributed by atoms with Crippen LogP contribution in [0.5, 0.6) is 28.7 Å². The number of fused-ring (bicyclic) bond motifs is 16. The van der Waals surface area contributed by atoms with E-state index in [1.165, 1.54) is 172 Å². The fourth-order valence-electron chi connectivity index (χ4n) is 18.8. The van der Waals surface area contributed by atoms with Crippen molar-refractivity contribution in [1.82, 2.24) is 49.8 Å². The zero-order valence-corrected chi connectivity index (χ0v) is 90.9. The number of nitrogens with zero attached hydrogens (tertiary/aromatic N) is 6. The number of aryl methyl sites for hydroxylation is 5. The van der Waals surface area contributed by atoms with Crippen molar-refractivity contribution in [2.24, 2.45) is 0 Å². The molecule has 0 radical (unpaired) electrons. The molecule has 18 heteroatoms. The molecule has 12 heterocycles. The Kier molecular flexibility index (Phi) is 43.2. The Morgan fingerprint density at radius 2 is 0.622 bits per heavy atom. The molecule has 4 aliphatic rings. The average Bonchev–Trinajstić information content (AvgIpc) is 1.71. The van der Waals surface area contributed by atoms with Gasteiger partial charge < -0.3 is 53.6 Å². The number of carbonyl (C=O) groups is 1. The fraction of sp³-hybridized carbons (Fsp3) is 0.368. The van der Waals surface area contributed by atoms with E-state index in [0.717, 1.165) is 240 Å². The van der Waals surface area contributed by atoms with Crippen LogP contribution in [-0.2, 0) is 25.9 Å². The van der Waals surface area contributed by atoms with Gasteiger partial charge in [0.2, 0.25) is 0 Å². The zero-order chi connectivity index (χ0) is 99.0. The van der Waals surface area contributed by atoms with E-state index in [4.69, 9.17) is 53.6 Å². The molecular formula is C125H147BrN10O6Zn. The minimum absolute atomic E-state index is 0. The summed E-state index contributed by atoms with van der Waals surface area (Å²) in [5.74, 6) is 4.21. The van der Waals surface area contributed by atoms with Crippen LogP contribution in [0.25, 0.3) is 137 Å². The second-order valence-corrected chi connectivity index (χ2v) is 38.7. The molecule has 4 aliphatic heterocycles. The van der Waals surface area contributed by atoms with Gasteiger partial charge in [-0.05, 0) is 261 Å². The van der Waals surface area contributed by atoms with E-state index in [1.54, 1.807) is 0 Å². The maximum atomic E-state index is 11.0. The van der Waals surface area contributed by atoms with E-state index in [2.05, 4.69) is 292 Å². The van der Waals surface area contributed by atoms with E-state index >= 15 is 0 Å². The van der Waals surface area contributed by atoms with Gasteiger partial charge in [0.1, 0.15) is 28.7 Å². The number of unbranched alkanes of at least 4 members (excludes halogenated alkanes) is 25. The third kappa shape index (κ3) is 30.6. The summed E-state index contributed by atoms with van der Waals surface area (Å²) in [5.41, 5.74) is 30.9. The van der Waals surface area contributed by atoms with Crippen molar-refractivity contribution in [3.05, 3.63) is 289 Å². The van der Waals surface area contributed by atoms with Crippen LogP contribution in [-0.4, -0.2) is 79.2 Å². The van der Waals surface area contributed by atoms with E-state index in [9.17, 15) is 4.79 Å². The van der Waals surface area contributed by atoms with Gasteiger partial charge in [0, 0.05) is 90.1 Å². The van der Waals surface area contributed by atoms with Crippen molar-refractivity contribution in [3.63, 3.8) is 0 Å². The molecular weight excluding hydrogens is 1880 g/mol.